The summed E-state index contributed by atoms with van der Waals surface area (Å²) in [6.45, 7) is 7.41. The molecule has 2 aliphatic rings. The van der Waals surface area contributed by atoms with Crippen molar-refractivity contribution >= 4 is 5.91 Å². The number of carbonyl (C=O) groups is 1. The van der Waals surface area contributed by atoms with Crippen molar-refractivity contribution in [2.24, 2.45) is 11.7 Å². The number of likely N-dealkylation sites (N-methyl/N-ethyl adjacent to an activating group) is 2. The number of hydrogen-bond donors (Lipinski definition) is 1. The second-order valence-electron chi connectivity index (χ2n) is 6.32. The maximum absolute atomic E-state index is 12.5. The zero-order valence-electron chi connectivity index (χ0n) is 13.2. The predicted molar refractivity (Wildman–Crippen MR) is 82.5 cm³/mol. The van der Waals surface area contributed by atoms with Gasteiger partial charge in [0.2, 0.25) is 5.91 Å². The number of nitrogens with zero attached hydrogens (tertiary/aromatic N) is 2. The summed E-state index contributed by atoms with van der Waals surface area (Å²) in [5, 5.41) is 0. The minimum atomic E-state index is 0.318. The molecule has 4 nitrogen and oxygen atoms in total. The predicted octanol–water partition coefficient (Wildman–Crippen LogP) is 1.84. The lowest BCUT2D eigenvalue weighted by molar-refractivity contribution is -0.133. The Kier molecular flexibility index (Phi) is 5.85. The van der Waals surface area contributed by atoms with Crippen LogP contribution >= 0.6 is 0 Å². The van der Waals surface area contributed by atoms with Gasteiger partial charge in [-0.1, -0.05) is 19.8 Å². The second-order valence-corrected chi connectivity index (χ2v) is 6.32. The van der Waals surface area contributed by atoms with E-state index in [1.165, 1.54) is 38.5 Å². The molecular weight excluding hydrogens is 250 g/mol. The Labute approximate surface area is 123 Å². The number of carbonyl (C=O) groups excluding carboxylic acids is 1. The molecule has 2 aliphatic carbocycles. The van der Waals surface area contributed by atoms with Gasteiger partial charge in [-0.05, 0) is 51.6 Å². The highest BCUT2D eigenvalue weighted by Gasteiger charge is 2.34. The third kappa shape index (κ3) is 3.73. The fourth-order valence-corrected chi connectivity index (χ4v) is 3.70. The molecule has 0 radical (unpaired) electrons. The van der Waals surface area contributed by atoms with Crippen molar-refractivity contribution in [1.29, 1.82) is 0 Å². The van der Waals surface area contributed by atoms with Gasteiger partial charge >= 0.3 is 0 Å². The second kappa shape index (κ2) is 7.41. The van der Waals surface area contributed by atoms with Gasteiger partial charge in [-0.3, -0.25) is 9.69 Å². The highest BCUT2D eigenvalue weighted by atomic mass is 16.2. The van der Waals surface area contributed by atoms with Crippen LogP contribution < -0.4 is 5.73 Å². The van der Waals surface area contributed by atoms with Crippen molar-refractivity contribution < 1.29 is 4.79 Å². The molecule has 0 aliphatic heterocycles. The molecule has 2 rings (SSSR count). The quantitative estimate of drug-likeness (QED) is 0.774. The number of hydrogen-bond acceptors (Lipinski definition) is 3. The lowest BCUT2D eigenvalue weighted by Crippen LogP contribution is -2.50. The van der Waals surface area contributed by atoms with Gasteiger partial charge in [-0.15, -0.1) is 0 Å². The van der Waals surface area contributed by atoms with Crippen LogP contribution in [0.15, 0.2) is 0 Å². The number of nitrogens with two attached hydrogens (primary N) is 1. The van der Waals surface area contributed by atoms with Crippen LogP contribution in [0.2, 0.25) is 0 Å². The summed E-state index contributed by atoms with van der Waals surface area (Å²) in [7, 11) is 0. The van der Waals surface area contributed by atoms with E-state index in [0.717, 1.165) is 19.6 Å². The van der Waals surface area contributed by atoms with Crippen LogP contribution in [0.5, 0.6) is 0 Å². The Morgan fingerprint density at radius 1 is 1.10 bits per heavy atom. The van der Waals surface area contributed by atoms with Gasteiger partial charge in [-0.2, -0.15) is 0 Å². The van der Waals surface area contributed by atoms with E-state index in [1.807, 2.05) is 0 Å². The summed E-state index contributed by atoms with van der Waals surface area (Å²) < 4.78 is 0. The molecule has 2 N–H and O–H groups in total. The molecule has 0 saturated heterocycles. The van der Waals surface area contributed by atoms with E-state index in [4.69, 9.17) is 5.73 Å². The standard InChI is InChI=1S/C16H31N3O/c1-3-18(15-8-6-5-7-13(15)11-17)12-16(20)19(4-2)14-9-10-14/h13-15H,3-12,17H2,1-2H3. The zero-order chi connectivity index (χ0) is 14.5. The summed E-state index contributed by atoms with van der Waals surface area (Å²) in [5.41, 5.74) is 5.94. The zero-order valence-corrected chi connectivity index (χ0v) is 13.2. The topological polar surface area (TPSA) is 49.6 Å². The Morgan fingerprint density at radius 2 is 1.80 bits per heavy atom. The first-order valence-electron chi connectivity index (χ1n) is 8.44. The summed E-state index contributed by atoms with van der Waals surface area (Å²) in [6, 6.07) is 1.04. The molecular formula is C16H31N3O. The van der Waals surface area contributed by atoms with Crippen molar-refractivity contribution in [1.82, 2.24) is 9.80 Å². The molecule has 2 fully saturated rings. The minimum absolute atomic E-state index is 0.318. The van der Waals surface area contributed by atoms with Crippen LogP contribution in [0.1, 0.15) is 52.4 Å². The van der Waals surface area contributed by atoms with Crippen molar-refractivity contribution in [2.75, 3.05) is 26.2 Å². The largest absolute Gasteiger partial charge is 0.339 e. The molecule has 0 heterocycles. The Morgan fingerprint density at radius 3 is 2.35 bits per heavy atom. The van der Waals surface area contributed by atoms with E-state index in [-0.39, 0.29) is 0 Å². The maximum Gasteiger partial charge on any atom is 0.236 e. The highest BCUT2D eigenvalue weighted by Crippen LogP contribution is 2.29. The van der Waals surface area contributed by atoms with Crippen LogP contribution in [0.3, 0.4) is 0 Å². The molecule has 0 aromatic heterocycles. The first-order valence-corrected chi connectivity index (χ1v) is 8.44. The number of amides is 1. The normalized spacial score (nSPS) is 26.8. The highest BCUT2D eigenvalue weighted by molar-refractivity contribution is 5.79. The van der Waals surface area contributed by atoms with Crippen LogP contribution in [0, 0.1) is 5.92 Å². The smallest absolute Gasteiger partial charge is 0.236 e. The molecule has 20 heavy (non-hydrogen) atoms. The summed E-state index contributed by atoms with van der Waals surface area (Å²) in [6.07, 6.45) is 7.41. The Hall–Kier alpha value is -0.610. The first kappa shape index (κ1) is 15.8. The van der Waals surface area contributed by atoms with Crippen LogP contribution in [0.25, 0.3) is 0 Å². The molecule has 0 bridgehead atoms. The van der Waals surface area contributed by atoms with Crippen molar-refractivity contribution in [3.8, 4) is 0 Å². The first-order chi connectivity index (χ1) is 9.71. The molecule has 2 unspecified atom stereocenters. The van der Waals surface area contributed by atoms with E-state index in [1.54, 1.807) is 0 Å². The molecule has 1 amide bonds. The fraction of sp³-hybridized carbons (Fsp3) is 0.938. The fourth-order valence-electron chi connectivity index (χ4n) is 3.70. The van der Waals surface area contributed by atoms with Crippen LogP contribution in [-0.4, -0.2) is 54.0 Å². The molecule has 2 atom stereocenters. The maximum atomic E-state index is 12.5. The summed E-state index contributed by atoms with van der Waals surface area (Å²) in [5.74, 6) is 0.894. The van der Waals surface area contributed by atoms with Gasteiger partial charge in [0.05, 0.1) is 6.54 Å². The van der Waals surface area contributed by atoms with Gasteiger partial charge in [0, 0.05) is 18.6 Å². The lowest BCUT2D eigenvalue weighted by atomic mass is 9.83. The average Bonchev–Trinajstić information content (AvgIpc) is 3.30. The van der Waals surface area contributed by atoms with E-state index in [2.05, 4.69) is 23.6 Å². The average molecular weight is 281 g/mol. The van der Waals surface area contributed by atoms with E-state index in [0.29, 0.717) is 30.5 Å². The lowest BCUT2D eigenvalue weighted by Gasteiger charge is -2.39. The van der Waals surface area contributed by atoms with Gasteiger partial charge in [-0.25, -0.2) is 0 Å². The molecule has 0 aromatic rings. The third-order valence-corrected chi connectivity index (χ3v) is 5.03. The molecule has 0 aromatic carbocycles. The van der Waals surface area contributed by atoms with Gasteiger partial charge in [0.25, 0.3) is 0 Å². The van der Waals surface area contributed by atoms with Gasteiger partial charge < -0.3 is 10.6 Å². The SMILES string of the molecule is CCN(CC(=O)N(CC)C1CC1)C1CCCCC1CN. The minimum Gasteiger partial charge on any atom is -0.339 e. The molecule has 0 spiro atoms. The van der Waals surface area contributed by atoms with Crippen molar-refractivity contribution in [3.05, 3.63) is 0 Å². The number of rotatable bonds is 7. The van der Waals surface area contributed by atoms with Crippen molar-refractivity contribution in [3.63, 3.8) is 0 Å². The summed E-state index contributed by atoms with van der Waals surface area (Å²) >= 11 is 0. The molecule has 4 heteroatoms. The monoisotopic (exact) mass is 281 g/mol. The van der Waals surface area contributed by atoms with E-state index in [9.17, 15) is 4.79 Å². The van der Waals surface area contributed by atoms with Crippen LogP contribution in [-0.2, 0) is 4.79 Å². The van der Waals surface area contributed by atoms with Gasteiger partial charge in [0.1, 0.15) is 0 Å². The third-order valence-electron chi connectivity index (χ3n) is 5.03. The Bertz CT molecular complexity index is 317. The molecule has 116 valence electrons. The van der Waals surface area contributed by atoms with Crippen LogP contribution in [0.4, 0.5) is 0 Å². The van der Waals surface area contributed by atoms with Crippen molar-refractivity contribution in [2.45, 2.75) is 64.5 Å². The molecule has 2 saturated carbocycles. The van der Waals surface area contributed by atoms with E-state index >= 15 is 0 Å². The van der Waals surface area contributed by atoms with Gasteiger partial charge in [0.15, 0.2) is 0 Å². The summed E-state index contributed by atoms with van der Waals surface area (Å²) in [4.78, 5) is 17.0. The Balaban J connectivity index is 1.94. The van der Waals surface area contributed by atoms with E-state index < -0.39 is 0 Å².